The molecule has 0 aromatic rings. The van der Waals surface area contributed by atoms with Crippen LogP contribution in [0, 0.1) is 5.92 Å². The molecule has 0 aliphatic carbocycles. The highest BCUT2D eigenvalue weighted by Gasteiger charge is 2.19. The van der Waals surface area contributed by atoms with Gasteiger partial charge in [-0.15, -0.1) is 6.54 Å². The van der Waals surface area contributed by atoms with Crippen LogP contribution < -0.4 is 0 Å². The number of hydrogen-bond acceptors (Lipinski definition) is 2. The van der Waals surface area contributed by atoms with Gasteiger partial charge in [0.05, 0.1) is 0 Å². The first-order chi connectivity index (χ1) is 5.36. The summed E-state index contributed by atoms with van der Waals surface area (Å²) in [4.78, 5) is 2.37. The Labute approximate surface area is 68.4 Å². The SMILES string of the molecule is C[N-]CCN1CC[C@@H](CO)C1. The van der Waals surface area contributed by atoms with Gasteiger partial charge in [-0.2, -0.15) is 7.05 Å². The topological polar surface area (TPSA) is 37.6 Å². The van der Waals surface area contributed by atoms with Crippen molar-refractivity contribution in [2.75, 3.05) is 39.8 Å². The number of likely N-dealkylation sites (tertiary alicyclic amines) is 1. The zero-order valence-electron chi connectivity index (χ0n) is 7.16. The van der Waals surface area contributed by atoms with E-state index in [2.05, 4.69) is 10.2 Å². The van der Waals surface area contributed by atoms with Gasteiger partial charge in [-0.1, -0.05) is 0 Å². The number of aliphatic hydroxyl groups excluding tert-OH is 1. The number of rotatable bonds is 4. The molecule has 0 unspecified atom stereocenters. The molecule has 1 aliphatic rings. The summed E-state index contributed by atoms with van der Waals surface area (Å²) in [6.45, 7) is 4.54. The fourth-order valence-corrected chi connectivity index (χ4v) is 1.51. The van der Waals surface area contributed by atoms with Gasteiger partial charge in [-0.25, -0.2) is 0 Å². The summed E-state index contributed by atoms with van der Waals surface area (Å²) in [6, 6.07) is 0. The molecule has 0 saturated carbocycles. The van der Waals surface area contributed by atoms with Crippen molar-refractivity contribution in [1.29, 1.82) is 0 Å². The van der Waals surface area contributed by atoms with E-state index in [-0.39, 0.29) is 0 Å². The number of nitrogens with zero attached hydrogens (tertiary/aromatic N) is 2. The van der Waals surface area contributed by atoms with E-state index in [0.717, 1.165) is 32.6 Å². The van der Waals surface area contributed by atoms with Crippen LogP contribution in [0.1, 0.15) is 6.42 Å². The fraction of sp³-hybridized carbons (Fsp3) is 1.00. The van der Waals surface area contributed by atoms with Crippen LogP contribution in [0.5, 0.6) is 0 Å². The van der Waals surface area contributed by atoms with Crippen LogP contribution in [0.25, 0.3) is 5.32 Å². The molecule has 3 heteroatoms. The first kappa shape index (κ1) is 8.97. The van der Waals surface area contributed by atoms with E-state index >= 15 is 0 Å². The van der Waals surface area contributed by atoms with E-state index in [1.165, 1.54) is 0 Å². The van der Waals surface area contributed by atoms with Gasteiger partial charge in [0.1, 0.15) is 0 Å². The van der Waals surface area contributed by atoms with Crippen molar-refractivity contribution in [1.82, 2.24) is 4.90 Å². The quantitative estimate of drug-likeness (QED) is 0.637. The number of hydrogen-bond donors (Lipinski definition) is 1. The Morgan fingerprint density at radius 2 is 2.45 bits per heavy atom. The van der Waals surface area contributed by atoms with Crippen molar-refractivity contribution >= 4 is 0 Å². The van der Waals surface area contributed by atoms with Gasteiger partial charge in [-0.05, 0) is 25.4 Å². The second kappa shape index (κ2) is 4.70. The minimum Gasteiger partial charge on any atom is -0.664 e. The molecule has 0 bridgehead atoms. The summed E-state index contributed by atoms with van der Waals surface area (Å²) in [7, 11) is 1.85. The molecule has 1 saturated heterocycles. The Kier molecular flexibility index (Phi) is 3.83. The third-order valence-electron chi connectivity index (χ3n) is 2.27. The van der Waals surface area contributed by atoms with Gasteiger partial charge in [-0.3, -0.25) is 0 Å². The third kappa shape index (κ3) is 2.77. The first-order valence-corrected chi connectivity index (χ1v) is 4.25. The second-order valence-electron chi connectivity index (χ2n) is 3.18. The molecule has 0 spiro atoms. The highest BCUT2D eigenvalue weighted by atomic mass is 16.3. The standard InChI is InChI=1S/C8H17N2O/c1-9-3-5-10-4-2-8(6-10)7-11/h8,11H,2-7H2,1H3/q-1/t8-/m1/s1. The van der Waals surface area contributed by atoms with Gasteiger partial charge in [0.15, 0.2) is 0 Å². The van der Waals surface area contributed by atoms with Crippen molar-refractivity contribution in [2.45, 2.75) is 6.42 Å². The molecule has 0 radical (unpaired) electrons. The van der Waals surface area contributed by atoms with Crippen LogP contribution in [0.2, 0.25) is 0 Å². The Morgan fingerprint density at radius 3 is 3.00 bits per heavy atom. The lowest BCUT2D eigenvalue weighted by molar-refractivity contribution is 0.223. The zero-order chi connectivity index (χ0) is 8.10. The molecular weight excluding hydrogens is 140 g/mol. The van der Waals surface area contributed by atoms with Gasteiger partial charge >= 0.3 is 0 Å². The summed E-state index contributed by atoms with van der Waals surface area (Å²) in [5, 5.41) is 12.9. The van der Waals surface area contributed by atoms with Gasteiger partial charge in [0.2, 0.25) is 0 Å². The molecule has 11 heavy (non-hydrogen) atoms. The molecular formula is C8H17N2O-. The van der Waals surface area contributed by atoms with Gasteiger partial charge in [0.25, 0.3) is 0 Å². The van der Waals surface area contributed by atoms with Crippen LogP contribution in [-0.4, -0.2) is 49.8 Å². The van der Waals surface area contributed by atoms with Crippen molar-refractivity contribution in [2.24, 2.45) is 5.92 Å². The van der Waals surface area contributed by atoms with Crippen LogP contribution in [0.15, 0.2) is 0 Å². The lowest BCUT2D eigenvalue weighted by Crippen LogP contribution is -2.24. The molecule has 0 amide bonds. The molecule has 1 fully saturated rings. The maximum Gasteiger partial charge on any atom is 0.0471 e. The molecule has 1 rings (SSSR count). The Morgan fingerprint density at radius 1 is 1.64 bits per heavy atom. The van der Waals surface area contributed by atoms with E-state index in [9.17, 15) is 0 Å². The third-order valence-corrected chi connectivity index (χ3v) is 2.27. The highest BCUT2D eigenvalue weighted by Crippen LogP contribution is 2.14. The molecule has 1 heterocycles. The summed E-state index contributed by atoms with van der Waals surface area (Å²) in [5.41, 5.74) is 0. The largest absolute Gasteiger partial charge is 0.664 e. The van der Waals surface area contributed by atoms with E-state index < -0.39 is 0 Å². The smallest absolute Gasteiger partial charge is 0.0471 e. The van der Waals surface area contributed by atoms with Crippen molar-refractivity contribution in [3.8, 4) is 0 Å². The lowest BCUT2D eigenvalue weighted by Gasteiger charge is -2.19. The lowest BCUT2D eigenvalue weighted by atomic mass is 10.1. The van der Waals surface area contributed by atoms with Gasteiger partial charge in [0, 0.05) is 13.2 Å². The average molecular weight is 157 g/mol. The maximum absolute atomic E-state index is 8.86. The Bertz CT molecular complexity index is 108. The average Bonchev–Trinajstić information content (AvgIpc) is 2.48. The van der Waals surface area contributed by atoms with Crippen LogP contribution in [-0.2, 0) is 0 Å². The van der Waals surface area contributed by atoms with E-state index in [0.29, 0.717) is 12.5 Å². The molecule has 66 valence electrons. The van der Waals surface area contributed by atoms with E-state index in [1.54, 1.807) is 0 Å². The molecule has 1 aliphatic heterocycles. The summed E-state index contributed by atoms with van der Waals surface area (Å²) in [6.07, 6.45) is 1.15. The molecule has 0 aromatic carbocycles. The minimum atomic E-state index is 0.347. The van der Waals surface area contributed by atoms with Crippen LogP contribution >= 0.6 is 0 Å². The zero-order valence-corrected chi connectivity index (χ0v) is 7.16. The molecule has 1 N–H and O–H groups in total. The number of aliphatic hydroxyl groups is 1. The summed E-state index contributed by atoms with van der Waals surface area (Å²) >= 11 is 0. The number of likely N-dealkylation sites (N-methyl/N-ethyl adjacent to an activating group) is 1. The van der Waals surface area contributed by atoms with Crippen molar-refractivity contribution < 1.29 is 5.11 Å². The van der Waals surface area contributed by atoms with Crippen LogP contribution in [0.4, 0.5) is 0 Å². The van der Waals surface area contributed by atoms with Crippen molar-refractivity contribution in [3.05, 3.63) is 5.32 Å². The summed E-state index contributed by atoms with van der Waals surface area (Å²) in [5.74, 6) is 0.520. The highest BCUT2D eigenvalue weighted by molar-refractivity contribution is 4.79. The fourth-order valence-electron chi connectivity index (χ4n) is 1.51. The second-order valence-corrected chi connectivity index (χ2v) is 3.18. The molecule has 1 atom stereocenters. The van der Waals surface area contributed by atoms with E-state index in [4.69, 9.17) is 5.11 Å². The monoisotopic (exact) mass is 157 g/mol. The Hall–Kier alpha value is -0.120. The maximum atomic E-state index is 8.86. The van der Waals surface area contributed by atoms with Gasteiger partial charge < -0.3 is 15.3 Å². The minimum absolute atomic E-state index is 0.347. The van der Waals surface area contributed by atoms with Crippen molar-refractivity contribution in [3.63, 3.8) is 0 Å². The van der Waals surface area contributed by atoms with E-state index in [1.807, 2.05) is 7.05 Å². The predicted octanol–water partition coefficient (Wildman–Crippen LogP) is 0.304. The summed E-state index contributed by atoms with van der Waals surface area (Å²) < 4.78 is 0. The van der Waals surface area contributed by atoms with Crippen LogP contribution in [0.3, 0.4) is 0 Å². The predicted molar refractivity (Wildman–Crippen MR) is 45.8 cm³/mol. The molecule has 3 nitrogen and oxygen atoms in total. The first-order valence-electron chi connectivity index (χ1n) is 4.25. The molecule has 0 aromatic heterocycles. The Balaban J connectivity index is 2.09. The normalized spacial score (nSPS) is 26.2.